The molecule has 2 aromatic rings. The van der Waals surface area contributed by atoms with Gasteiger partial charge in [0.25, 0.3) is 0 Å². The van der Waals surface area contributed by atoms with E-state index in [9.17, 15) is 0 Å². The third-order valence-corrected chi connectivity index (χ3v) is 3.24. The summed E-state index contributed by atoms with van der Waals surface area (Å²) in [5.74, 6) is 1.51. The minimum absolute atomic E-state index is 0.0976. The highest BCUT2D eigenvalue weighted by Gasteiger charge is 2.12. The monoisotopic (exact) mass is 292 g/mol. The van der Waals surface area contributed by atoms with Crippen LogP contribution < -0.4 is 10.1 Å². The second kappa shape index (κ2) is 6.52. The van der Waals surface area contributed by atoms with Crippen LogP contribution in [0.25, 0.3) is 0 Å². The number of ether oxygens (including phenoxy) is 1. The van der Waals surface area contributed by atoms with Gasteiger partial charge in [-0.2, -0.15) is 15.0 Å². The molecule has 1 heterocycles. The fraction of sp³-hybridized carbons (Fsp3) is 0.357. The molecule has 1 atom stereocenters. The van der Waals surface area contributed by atoms with E-state index in [2.05, 4.69) is 34.1 Å². The molecule has 0 aliphatic heterocycles. The predicted molar refractivity (Wildman–Crippen MR) is 79.6 cm³/mol. The maximum Gasteiger partial charge on any atom is 0.328 e. The van der Waals surface area contributed by atoms with Crippen molar-refractivity contribution in [1.29, 1.82) is 0 Å². The molecule has 0 bridgehead atoms. The van der Waals surface area contributed by atoms with Crippen LogP contribution in [0.3, 0.4) is 0 Å². The van der Waals surface area contributed by atoms with Crippen molar-refractivity contribution >= 4 is 17.5 Å². The lowest BCUT2D eigenvalue weighted by molar-refractivity contribution is 0.431. The number of hydrogen-bond acceptors (Lipinski definition) is 5. The van der Waals surface area contributed by atoms with E-state index in [4.69, 9.17) is 16.3 Å². The van der Waals surface area contributed by atoms with E-state index in [0.717, 1.165) is 17.7 Å². The summed E-state index contributed by atoms with van der Waals surface area (Å²) >= 11 is 5.84. The van der Waals surface area contributed by atoms with Gasteiger partial charge in [-0.3, -0.25) is 0 Å². The average molecular weight is 293 g/mol. The molecule has 5 nitrogen and oxygen atoms in total. The van der Waals surface area contributed by atoms with E-state index >= 15 is 0 Å². The van der Waals surface area contributed by atoms with Crippen LogP contribution in [0.4, 0.5) is 5.95 Å². The van der Waals surface area contributed by atoms with Crippen LogP contribution >= 0.6 is 11.6 Å². The van der Waals surface area contributed by atoms with Crippen LogP contribution in [0.5, 0.6) is 11.8 Å². The van der Waals surface area contributed by atoms with Gasteiger partial charge in [0, 0.05) is 7.05 Å². The molecule has 20 heavy (non-hydrogen) atoms. The van der Waals surface area contributed by atoms with Crippen molar-refractivity contribution in [2.45, 2.75) is 26.2 Å². The third-order valence-electron chi connectivity index (χ3n) is 3.07. The Kier molecular flexibility index (Phi) is 4.74. The molecular formula is C14H17ClN4O. The molecule has 1 unspecified atom stereocenters. The van der Waals surface area contributed by atoms with E-state index in [0.29, 0.717) is 11.9 Å². The topological polar surface area (TPSA) is 59.9 Å². The molecule has 1 aromatic carbocycles. The van der Waals surface area contributed by atoms with Crippen molar-refractivity contribution in [2.75, 3.05) is 12.4 Å². The molecule has 0 saturated heterocycles. The zero-order valence-electron chi connectivity index (χ0n) is 11.7. The Morgan fingerprint density at radius 1 is 1.25 bits per heavy atom. The first kappa shape index (κ1) is 14.5. The summed E-state index contributed by atoms with van der Waals surface area (Å²) < 4.78 is 5.77. The molecule has 6 heteroatoms. The Balaban J connectivity index is 2.32. The third kappa shape index (κ3) is 3.36. The normalized spacial score (nSPS) is 12.0. The molecular weight excluding hydrogens is 276 g/mol. The fourth-order valence-electron chi connectivity index (χ4n) is 1.79. The van der Waals surface area contributed by atoms with E-state index in [1.165, 1.54) is 0 Å². The Bertz CT molecular complexity index is 591. The predicted octanol–water partition coefficient (Wildman–Crippen LogP) is 3.87. The van der Waals surface area contributed by atoms with Crippen molar-refractivity contribution in [3.63, 3.8) is 0 Å². The molecule has 0 aliphatic rings. The standard InChI is InChI=1S/C14H17ClN4O/c1-4-9(2)10-7-5-6-8-11(10)20-14-18-12(15)17-13(16-3)19-14/h5-9H,4H2,1-3H3,(H,16,17,18,19). The Labute approximate surface area is 123 Å². The quantitative estimate of drug-likeness (QED) is 0.906. The van der Waals surface area contributed by atoms with E-state index in [1.807, 2.05) is 24.3 Å². The van der Waals surface area contributed by atoms with Gasteiger partial charge in [0.05, 0.1) is 0 Å². The van der Waals surface area contributed by atoms with Crippen LogP contribution in [-0.4, -0.2) is 22.0 Å². The summed E-state index contributed by atoms with van der Waals surface area (Å²) in [7, 11) is 1.71. The number of halogens is 1. The summed E-state index contributed by atoms with van der Waals surface area (Å²) in [5.41, 5.74) is 1.12. The molecule has 0 radical (unpaired) electrons. The minimum Gasteiger partial charge on any atom is -0.424 e. The smallest absolute Gasteiger partial charge is 0.328 e. The SMILES string of the molecule is CCC(C)c1ccccc1Oc1nc(Cl)nc(NC)n1. The van der Waals surface area contributed by atoms with Crippen molar-refractivity contribution < 1.29 is 4.74 Å². The first-order valence-corrected chi connectivity index (χ1v) is 6.88. The molecule has 2 rings (SSSR count). The zero-order valence-corrected chi connectivity index (χ0v) is 12.5. The van der Waals surface area contributed by atoms with Crippen LogP contribution in [0.1, 0.15) is 31.7 Å². The van der Waals surface area contributed by atoms with Crippen LogP contribution in [0.2, 0.25) is 5.28 Å². The summed E-state index contributed by atoms with van der Waals surface area (Å²) in [6.07, 6.45) is 1.03. The summed E-state index contributed by atoms with van der Waals surface area (Å²) in [6, 6.07) is 8.05. The lowest BCUT2D eigenvalue weighted by Crippen LogP contribution is -2.02. The summed E-state index contributed by atoms with van der Waals surface area (Å²) in [5, 5.41) is 2.91. The number of hydrogen-bond donors (Lipinski definition) is 1. The Morgan fingerprint density at radius 2 is 2.00 bits per heavy atom. The zero-order chi connectivity index (χ0) is 14.5. The Hall–Kier alpha value is -1.88. The van der Waals surface area contributed by atoms with Crippen LogP contribution in [-0.2, 0) is 0 Å². The van der Waals surface area contributed by atoms with E-state index < -0.39 is 0 Å². The molecule has 1 N–H and O–H groups in total. The largest absolute Gasteiger partial charge is 0.424 e. The number of nitrogens with one attached hydrogen (secondary N) is 1. The molecule has 106 valence electrons. The molecule has 0 aliphatic carbocycles. The van der Waals surface area contributed by atoms with E-state index in [-0.39, 0.29) is 11.3 Å². The second-order valence-electron chi connectivity index (χ2n) is 4.41. The molecule has 0 fully saturated rings. The van der Waals surface area contributed by atoms with Crippen LogP contribution in [0.15, 0.2) is 24.3 Å². The number of rotatable bonds is 5. The number of aromatic nitrogens is 3. The number of para-hydroxylation sites is 1. The van der Waals surface area contributed by atoms with Gasteiger partial charge in [0.2, 0.25) is 11.2 Å². The average Bonchev–Trinajstić information content (AvgIpc) is 2.46. The van der Waals surface area contributed by atoms with Crippen molar-refractivity contribution in [1.82, 2.24) is 15.0 Å². The first-order chi connectivity index (χ1) is 9.63. The minimum atomic E-state index is 0.0976. The van der Waals surface area contributed by atoms with Crippen LogP contribution in [0, 0.1) is 0 Å². The molecule has 1 aromatic heterocycles. The Morgan fingerprint density at radius 3 is 2.70 bits per heavy atom. The highest BCUT2D eigenvalue weighted by Crippen LogP contribution is 2.31. The first-order valence-electron chi connectivity index (χ1n) is 6.50. The molecule has 0 spiro atoms. The van der Waals surface area contributed by atoms with Crippen molar-refractivity contribution in [2.24, 2.45) is 0 Å². The van der Waals surface area contributed by atoms with Gasteiger partial charge in [-0.15, -0.1) is 0 Å². The highest BCUT2D eigenvalue weighted by molar-refractivity contribution is 6.28. The number of benzene rings is 1. The van der Waals surface area contributed by atoms with Gasteiger partial charge < -0.3 is 10.1 Å². The second-order valence-corrected chi connectivity index (χ2v) is 4.75. The lowest BCUT2D eigenvalue weighted by Gasteiger charge is -2.14. The number of nitrogens with zero attached hydrogens (tertiary/aromatic N) is 3. The van der Waals surface area contributed by atoms with E-state index in [1.54, 1.807) is 7.05 Å². The lowest BCUT2D eigenvalue weighted by atomic mass is 9.98. The van der Waals surface area contributed by atoms with Gasteiger partial charge in [-0.05, 0) is 35.6 Å². The van der Waals surface area contributed by atoms with Crippen molar-refractivity contribution in [3.8, 4) is 11.8 Å². The molecule has 0 amide bonds. The summed E-state index contributed by atoms with van der Waals surface area (Å²) in [4.78, 5) is 12.0. The molecule has 0 saturated carbocycles. The maximum absolute atomic E-state index is 5.84. The summed E-state index contributed by atoms with van der Waals surface area (Å²) in [6.45, 7) is 4.29. The van der Waals surface area contributed by atoms with Gasteiger partial charge in [0.15, 0.2) is 0 Å². The van der Waals surface area contributed by atoms with Gasteiger partial charge in [-0.1, -0.05) is 32.0 Å². The van der Waals surface area contributed by atoms with Gasteiger partial charge >= 0.3 is 6.01 Å². The van der Waals surface area contributed by atoms with Gasteiger partial charge in [-0.25, -0.2) is 0 Å². The van der Waals surface area contributed by atoms with Crippen molar-refractivity contribution in [3.05, 3.63) is 35.1 Å². The van der Waals surface area contributed by atoms with Gasteiger partial charge in [0.1, 0.15) is 5.75 Å². The number of anilines is 1. The highest BCUT2D eigenvalue weighted by atomic mass is 35.5. The maximum atomic E-state index is 5.84. The fourth-order valence-corrected chi connectivity index (χ4v) is 1.94.